The predicted molar refractivity (Wildman–Crippen MR) is 119 cm³/mol. The summed E-state index contributed by atoms with van der Waals surface area (Å²) in [5.74, 6) is 0.487. The van der Waals surface area contributed by atoms with Crippen LogP contribution in [0.5, 0.6) is 5.75 Å². The van der Waals surface area contributed by atoms with Crippen molar-refractivity contribution in [2.45, 2.75) is 57.6 Å². The second-order valence-electron chi connectivity index (χ2n) is 8.50. The molecule has 1 aliphatic carbocycles. The largest absolute Gasteiger partial charge is 0.489 e. The van der Waals surface area contributed by atoms with E-state index in [1.54, 1.807) is 29.9 Å². The number of benzene rings is 1. The summed E-state index contributed by atoms with van der Waals surface area (Å²) >= 11 is 6.41. The molecule has 2 fully saturated rings. The molecule has 1 aromatic carbocycles. The number of nitrogens with one attached hydrogen (secondary N) is 1. The van der Waals surface area contributed by atoms with Crippen LogP contribution in [0.4, 0.5) is 0 Å². The molecule has 0 radical (unpaired) electrons. The summed E-state index contributed by atoms with van der Waals surface area (Å²) in [6, 6.07) is 7.28. The SMILES string of the molecule is Cc1cc(C(=O)N2CCC(Oc3ccc(C(=O)NC4CCCC4)cc3Cl)CC2)n(C)n1. The van der Waals surface area contributed by atoms with Crippen molar-refractivity contribution in [3.05, 3.63) is 46.2 Å². The Labute approximate surface area is 187 Å². The fourth-order valence-electron chi connectivity index (χ4n) is 4.41. The number of amides is 2. The highest BCUT2D eigenvalue weighted by atomic mass is 35.5. The smallest absolute Gasteiger partial charge is 0.272 e. The summed E-state index contributed by atoms with van der Waals surface area (Å²) in [6.07, 6.45) is 5.86. The Morgan fingerprint density at radius 1 is 1.13 bits per heavy atom. The molecule has 0 unspecified atom stereocenters. The Kier molecular flexibility index (Phi) is 6.51. The molecule has 1 N–H and O–H groups in total. The molecule has 4 rings (SSSR count). The van der Waals surface area contributed by atoms with E-state index in [1.807, 2.05) is 17.9 Å². The first-order chi connectivity index (χ1) is 14.9. The van der Waals surface area contributed by atoms with Gasteiger partial charge in [-0.15, -0.1) is 0 Å². The van der Waals surface area contributed by atoms with Crippen LogP contribution in [0.15, 0.2) is 24.3 Å². The van der Waals surface area contributed by atoms with Gasteiger partial charge in [-0.2, -0.15) is 5.10 Å². The Bertz CT molecular complexity index is 960. The molecular formula is C23H29ClN4O3. The summed E-state index contributed by atoms with van der Waals surface area (Å²) in [7, 11) is 1.79. The lowest BCUT2D eigenvalue weighted by Crippen LogP contribution is -2.42. The number of rotatable bonds is 5. The topological polar surface area (TPSA) is 76.5 Å². The van der Waals surface area contributed by atoms with E-state index in [2.05, 4.69) is 10.4 Å². The van der Waals surface area contributed by atoms with Crippen molar-refractivity contribution in [2.24, 2.45) is 7.05 Å². The van der Waals surface area contributed by atoms with E-state index in [1.165, 1.54) is 12.8 Å². The minimum absolute atomic E-state index is 0.00258. The summed E-state index contributed by atoms with van der Waals surface area (Å²) in [4.78, 5) is 27.0. The minimum atomic E-state index is -0.0856. The lowest BCUT2D eigenvalue weighted by atomic mass is 10.1. The molecule has 2 amide bonds. The first-order valence-corrected chi connectivity index (χ1v) is 11.4. The zero-order chi connectivity index (χ0) is 22.0. The third-order valence-corrected chi connectivity index (χ3v) is 6.42. The maximum atomic E-state index is 12.7. The van der Waals surface area contributed by atoms with Crippen molar-refractivity contribution in [1.82, 2.24) is 20.0 Å². The van der Waals surface area contributed by atoms with Gasteiger partial charge in [0.05, 0.1) is 10.7 Å². The molecule has 2 aliphatic rings. The van der Waals surface area contributed by atoms with Gasteiger partial charge in [-0.3, -0.25) is 14.3 Å². The van der Waals surface area contributed by atoms with Gasteiger partial charge in [-0.1, -0.05) is 24.4 Å². The van der Waals surface area contributed by atoms with Crippen LogP contribution in [-0.2, 0) is 7.05 Å². The number of hydrogen-bond acceptors (Lipinski definition) is 4. The molecule has 1 aromatic heterocycles. The number of piperidine rings is 1. The summed E-state index contributed by atoms with van der Waals surface area (Å²) in [5.41, 5.74) is 1.99. The van der Waals surface area contributed by atoms with E-state index in [4.69, 9.17) is 16.3 Å². The van der Waals surface area contributed by atoms with Crippen LogP contribution in [0.2, 0.25) is 5.02 Å². The van der Waals surface area contributed by atoms with Crippen LogP contribution in [0, 0.1) is 6.92 Å². The molecule has 0 bridgehead atoms. The average Bonchev–Trinajstić information content (AvgIpc) is 3.38. The molecule has 7 nitrogen and oxygen atoms in total. The first kappa shape index (κ1) is 21.7. The van der Waals surface area contributed by atoms with Gasteiger partial charge in [0.15, 0.2) is 0 Å². The maximum absolute atomic E-state index is 12.7. The Morgan fingerprint density at radius 2 is 1.84 bits per heavy atom. The van der Waals surface area contributed by atoms with Crippen LogP contribution < -0.4 is 10.1 Å². The van der Waals surface area contributed by atoms with E-state index in [0.717, 1.165) is 31.4 Å². The zero-order valence-electron chi connectivity index (χ0n) is 18.1. The van der Waals surface area contributed by atoms with Gasteiger partial charge in [-0.05, 0) is 44.0 Å². The molecule has 1 saturated carbocycles. The third kappa shape index (κ3) is 5.03. The van der Waals surface area contributed by atoms with Gasteiger partial charge in [0, 0.05) is 44.6 Å². The van der Waals surface area contributed by atoms with E-state index < -0.39 is 0 Å². The van der Waals surface area contributed by atoms with Gasteiger partial charge >= 0.3 is 0 Å². The molecule has 2 aromatic rings. The van der Waals surface area contributed by atoms with E-state index in [0.29, 0.717) is 35.1 Å². The summed E-state index contributed by atoms with van der Waals surface area (Å²) < 4.78 is 7.73. The normalized spacial score (nSPS) is 17.7. The van der Waals surface area contributed by atoms with Crippen molar-refractivity contribution in [3.8, 4) is 5.75 Å². The zero-order valence-corrected chi connectivity index (χ0v) is 18.8. The monoisotopic (exact) mass is 444 g/mol. The summed E-state index contributed by atoms with van der Waals surface area (Å²) in [6.45, 7) is 3.12. The maximum Gasteiger partial charge on any atom is 0.272 e. The third-order valence-electron chi connectivity index (χ3n) is 6.13. The molecule has 8 heteroatoms. The summed E-state index contributed by atoms with van der Waals surface area (Å²) in [5, 5.41) is 7.77. The molecule has 1 aliphatic heterocycles. The molecule has 1 saturated heterocycles. The highest BCUT2D eigenvalue weighted by molar-refractivity contribution is 6.32. The number of hydrogen-bond donors (Lipinski definition) is 1. The van der Waals surface area contributed by atoms with Crippen molar-refractivity contribution in [1.29, 1.82) is 0 Å². The number of nitrogens with zero attached hydrogens (tertiary/aromatic N) is 3. The second kappa shape index (κ2) is 9.30. The van der Waals surface area contributed by atoms with Crippen LogP contribution in [0.25, 0.3) is 0 Å². The Balaban J connectivity index is 1.31. The standard InChI is InChI=1S/C23H29ClN4O3/c1-15-13-20(27(2)26-15)23(30)28-11-9-18(10-12-28)31-21-8-7-16(14-19(21)24)22(29)25-17-5-3-4-6-17/h7-8,13-14,17-18H,3-6,9-12H2,1-2H3,(H,25,29). The number of carbonyl (C=O) groups is 2. The van der Waals surface area contributed by atoms with Crippen molar-refractivity contribution >= 4 is 23.4 Å². The number of likely N-dealkylation sites (tertiary alicyclic amines) is 1. The second-order valence-corrected chi connectivity index (χ2v) is 8.91. The van der Waals surface area contributed by atoms with Gasteiger partial charge in [0.25, 0.3) is 11.8 Å². The van der Waals surface area contributed by atoms with Crippen LogP contribution >= 0.6 is 11.6 Å². The van der Waals surface area contributed by atoms with Gasteiger partial charge < -0.3 is 15.0 Å². The number of carbonyl (C=O) groups excluding carboxylic acids is 2. The predicted octanol–water partition coefficient (Wildman–Crippen LogP) is 3.74. The fourth-order valence-corrected chi connectivity index (χ4v) is 4.63. The van der Waals surface area contributed by atoms with Crippen LogP contribution in [-0.4, -0.2) is 51.7 Å². The molecule has 166 valence electrons. The number of halogens is 1. The molecular weight excluding hydrogens is 416 g/mol. The molecule has 2 heterocycles. The van der Waals surface area contributed by atoms with Crippen LogP contribution in [0.1, 0.15) is 65.1 Å². The van der Waals surface area contributed by atoms with E-state index >= 15 is 0 Å². The van der Waals surface area contributed by atoms with E-state index in [9.17, 15) is 9.59 Å². The van der Waals surface area contributed by atoms with Crippen molar-refractivity contribution < 1.29 is 14.3 Å². The Hall–Kier alpha value is -2.54. The van der Waals surface area contributed by atoms with Crippen molar-refractivity contribution in [3.63, 3.8) is 0 Å². The average molecular weight is 445 g/mol. The minimum Gasteiger partial charge on any atom is -0.489 e. The van der Waals surface area contributed by atoms with Gasteiger partial charge in [0.2, 0.25) is 0 Å². The highest BCUT2D eigenvalue weighted by Crippen LogP contribution is 2.29. The number of ether oxygens (including phenoxy) is 1. The number of aromatic nitrogens is 2. The van der Waals surface area contributed by atoms with Gasteiger partial charge in [0.1, 0.15) is 17.5 Å². The molecule has 0 spiro atoms. The quantitative estimate of drug-likeness (QED) is 0.762. The Morgan fingerprint density at radius 3 is 2.45 bits per heavy atom. The number of aryl methyl sites for hydroxylation is 2. The fraction of sp³-hybridized carbons (Fsp3) is 0.522. The lowest BCUT2D eigenvalue weighted by Gasteiger charge is -2.32. The molecule has 0 atom stereocenters. The van der Waals surface area contributed by atoms with Crippen LogP contribution in [0.3, 0.4) is 0 Å². The van der Waals surface area contributed by atoms with Crippen molar-refractivity contribution in [2.75, 3.05) is 13.1 Å². The van der Waals surface area contributed by atoms with E-state index in [-0.39, 0.29) is 24.0 Å². The first-order valence-electron chi connectivity index (χ1n) is 11.0. The lowest BCUT2D eigenvalue weighted by molar-refractivity contribution is 0.0585. The van der Waals surface area contributed by atoms with Gasteiger partial charge in [-0.25, -0.2) is 0 Å². The highest BCUT2D eigenvalue weighted by Gasteiger charge is 2.27. The molecule has 31 heavy (non-hydrogen) atoms.